The summed E-state index contributed by atoms with van der Waals surface area (Å²) in [5.74, 6) is 0.801. The number of carbonyl (C=O) groups is 1. The van der Waals surface area contributed by atoms with Crippen LogP contribution in [-0.2, 0) is 6.42 Å². The summed E-state index contributed by atoms with van der Waals surface area (Å²) < 4.78 is 5.05. The summed E-state index contributed by atoms with van der Waals surface area (Å²) in [6.45, 7) is 4.28. The Hall–Kier alpha value is -1.89. The Labute approximate surface area is 108 Å². The van der Waals surface area contributed by atoms with E-state index in [1.54, 1.807) is 11.6 Å². The monoisotopic (exact) mass is 266 g/mol. The maximum atomic E-state index is 11.5. The van der Waals surface area contributed by atoms with E-state index < -0.39 is 0 Å². The van der Waals surface area contributed by atoms with Crippen LogP contribution in [-0.4, -0.2) is 22.7 Å². The van der Waals surface area contributed by atoms with Crippen LogP contribution < -0.4 is 10.6 Å². The first-order valence-corrected chi connectivity index (χ1v) is 6.41. The Balaban J connectivity index is 1.77. The smallest absolute Gasteiger partial charge is 0.321 e. The van der Waals surface area contributed by atoms with E-state index in [4.69, 9.17) is 4.52 Å². The molecule has 2 aromatic heterocycles. The SMILES string of the molecule is Cc1noc(C)c1CCNC(=O)Nc1nccs1. The zero-order chi connectivity index (χ0) is 13.0. The van der Waals surface area contributed by atoms with Crippen LogP contribution in [0.15, 0.2) is 16.1 Å². The second-order valence-corrected chi connectivity index (χ2v) is 4.67. The standard InChI is InChI=1S/C11H14N4O2S/c1-7-9(8(2)17-15-7)3-4-12-10(16)14-11-13-5-6-18-11/h5-6H,3-4H2,1-2H3,(H2,12,13,14,16). The van der Waals surface area contributed by atoms with E-state index in [2.05, 4.69) is 20.8 Å². The molecule has 0 spiro atoms. The fraction of sp³-hybridized carbons (Fsp3) is 0.364. The van der Waals surface area contributed by atoms with Crippen molar-refractivity contribution in [1.29, 1.82) is 0 Å². The predicted octanol–water partition coefficient (Wildman–Crippen LogP) is 2.11. The summed E-state index contributed by atoms with van der Waals surface area (Å²) in [4.78, 5) is 15.5. The Bertz CT molecular complexity index is 502. The number of nitrogens with zero attached hydrogens (tertiary/aromatic N) is 2. The summed E-state index contributed by atoms with van der Waals surface area (Å²) in [6.07, 6.45) is 2.34. The van der Waals surface area contributed by atoms with Gasteiger partial charge in [0.2, 0.25) is 0 Å². The number of rotatable bonds is 4. The van der Waals surface area contributed by atoms with Crippen molar-refractivity contribution in [3.8, 4) is 0 Å². The van der Waals surface area contributed by atoms with E-state index >= 15 is 0 Å². The predicted molar refractivity (Wildman–Crippen MR) is 68.8 cm³/mol. The number of nitrogens with one attached hydrogen (secondary N) is 2. The number of urea groups is 1. The van der Waals surface area contributed by atoms with Crippen LogP contribution in [0.2, 0.25) is 0 Å². The highest BCUT2D eigenvalue weighted by Crippen LogP contribution is 2.12. The van der Waals surface area contributed by atoms with Crippen molar-refractivity contribution in [1.82, 2.24) is 15.5 Å². The van der Waals surface area contributed by atoms with Crippen molar-refractivity contribution < 1.29 is 9.32 Å². The maximum Gasteiger partial charge on any atom is 0.321 e. The lowest BCUT2D eigenvalue weighted by Crippen LogP contribution is -2.30. The van der Waals surface area contributed by atoms with Gasteiger partial charge in [-0.2, -0.15) is 0 Å². The summed E-state index contributed by atoms with van der Waals surface area (Å²) in [5.41, 5.74) is 1.92. The maximum absolute atomic E-state index is 11.5. The molecule has 0 aliphatic heterocycles. The number of amides is 2. The molecule has 0 aliphatic carbocycles. The number of carbonyl (C=O) groups excluding carboxylic acids is 1. The number of hydrogen-bond acceptors (Lipinski definition) is 5. The minimum Gasteiger partial charge on any atom is -0.361 e. The molecule has 2 aromatic rings. The molecule has 2 N–H and O–H groups in total. The normalized spacial score (nSPS) is 10.3. The molecule has 0 atom stereocenters. The molecule has 6 nitrogen and oxygen atoms in total. The Morgan fingerprint density at radius 1 is 1.50 bits per heavy atom. The van der Waals surface area contributed by atoms with Crippen LogP contribution in [0.5, 0.6) is 0 Å². The average Bonchev–Trinajstić information content (AvgIpc) is 2.93. The number of hydrogen-bond donors (Lipinski definition) is 2. The fourth-order valence-corrected chi connectivity index (χ4v) is 2.11. The van der Waals surface area contributed by atoms with Gasteiger partial charge in [-0.25, -0.2) is 9.78 Å². The quantitative estimate of drug-likeness (QED) is 0.888. The number of aromatic nitrogens is 2. The molecule has 0 saturated carbocycles. The second-order valence-electron chi connectivity index (χ2n) is 3.77. The van der Waals surface area contributed by atoms with E-state index in [-0.39, 0.29) is 6.03 Å². The van der Waals surface area contributed by atoms with Gasteiger partial charge < -0.3 is 9.84 Å². The third kappa shape index (κ3) is 3.07. The molecule has 2 rings (SSSR count). The van der Waals surface area contributed by atoms with Gasteiger partial charge in [0, 0.05) is 23.7 Å². The van der Waals surface area contributed by atoms with E-state index in [1.165, 1.54) is 11.3 Å². The lowest BCUT2D eigenvalue weighted by molar-refractivity contribution is 0.252. The van der Waals surface area contributed by atoms with E-state index in [0.717, 1.165) is 17.0 Å². The molecule has 7 heteroatoms. The third-order valence-corrected chi connectivity index (χ3v) is 3.18. The average molecular weight is 266 g/mol. The first-order valence-electron chi connectivity index (χ1n) is 5.53. The molecule has 0 unspecified atom stereocenters. The van der Waals surface area contributed by atoms with Gasteiger partial charge >= 0.3 is 6.03 Å². The van der Waals surface area contributed by atoms with Gasteiger partial charge in [-0.3, -0.25) is 5.32 Å². The highest BCUT2D eigenvalue weighted by atomic mass is 32.1. The van der Waals surface area contributed by atoms with Gasteiger partial charge in [0.1, 0.15) is 5.76 Å². The number of thiazole rings is 1. The Morgan fingerprint density at radius 2 is 2.33 bits per heavy atom. The molecule has 0 bridgehead atoms. The number of aryl methyl sites for hydroxylation is 2. The van der Waals surface area contributed by atoms with Crippen molar-refractivity contribution in [2.24, 2.45) is 0 Å². The lowest BCUT2D eigenvalue weighted by Gasteiger charge is -2.04. The molecule has 2 amide bonds. The molecular formula is C11H14N4O2S. The Kier molecular flexibility index (Phi) is 3.93. The molecule has 2 heterocycles. The molecule has 0 aromatic carbocycles. The number of anilines is 1. The van der Waals surface area contributed by atoms with Gasteiger partial charge in [0.05, 0.1) is 5.69 Å². The molecule has 96 valence electrons. The third-order valence-electron chi connectivity index (χ3n) is 2.49. The fourth-order valence-electron chi connectivity index (χ4n) is 1.59. The van der Waals surface area contributed by atoms with Crippen molar-refractivity contribution in [2.75, 3.05) is 11.9 Å². The van der Waals surface area contributed by atoms with Crippen molar-refractivity contribution in [2.45, 2.75) is 20.3 Å². The second kappa shape index (κ2) is 5.63. The lowest BCUT2D eigenvalue weighted by atomic mass is 10.1. The molecule has 0 saturated heterocycles. The first kappa shape index (κ1) is 12.6. The largest absolute Gasteiger partial charge is 0.361 e. The highest BCUT2D eigenvalue weighted by molar-refractivity contribution is 7.13. The van der Waals surface area contributed by atoms with Crippen LogP contribution in [0, 0.1) is 13.8 Å². The van der Waals surface area contributed by atoms with Crippen LogP contribution in [0.25, 0.3) is 0 Å². The summed E-state index contributed by atoms with van der Waals surface area (Å²) in [7, 11) is 0. The van der Waals surface area contributed by atoms with Crippen LogP contribution in [0.4, 0.5) is 9.93 Å². The minimum absolute atomic E-state index is 0.253. The van der Waals surface area contributed by atoms with Gasteiger partial charge in [0.25, 0.3) is 0 Å². The van der Waals surface area contributed by atoms with E-state index in [0.29, 0.717) is 18.1 Å². The van der Waals surface area contributed by atoms with Crippen LogP contribution in [0.3, 0.4) is 0 Å². The van der Waals surface area contributed by atoms with Gasteiger partial charge in [-0.05, 0) is 20.3 Å². The summed E-state index contributed by atoms with van der Waals surface area (Å²) in [6, 6.07) is -0.253. The molecule has 0 aliphatic rings. The topological polar surface area (TPSA) is 80.0 Å². The molecule has 0 radical (unpaired) electrons. The summed E-state index contributed by atoms with van der Waals surface area (Å²) >= 11 is 1.38. The van der Waals surface area contributed by atoms with Crippen LogP contribution >= 0.6 is 11.3 Å². The highest BCUT2D eigenvalue weighted by Gasteiger charge is 2.09. The first-order chi connectivity index (χ1) is 8.66. The van der Waals surface area contributed by atoms with Gasteiger partial charge in [-0.1, -0.05) is 5.16 Å². The van der Waals surface area contributed by atoms with Gasteiger partial charge in [-0.15, -0.1) is 11.3 Å². The molecule has 18 heavy (non-hydrogen) atoms. The van der Waals surface area contributed by atoms with E-state index in [1.807, 2.05) is 13.8 Å². The minimum atomic E-state index is -0.253. The van der Waals surface area contributed by atoms with Crippen molar-refractivity contribution in [3.63, 3.8) is 0 Å². The van der Waals surface area contributed by atoms with Crippen molar-refractivity contribution >= 4 is 22.5 Å². The van der Waals surface area contributed by atoms with Crippen LogP contribution in [0.1, 0.15) is 17.0 Å². The zero-order valence-corrected chi connectivity index (χ0v) is 11.0. The molecular weight excluding hydrogens is 252 g/mol. The van der Waals surface area contributed by atoms with E-state index in [9.17, 15) is 4.79 Å². The summed E-state index contributed by atoms with van der Waals surface area (Å²) in [5, 5.41) is 11.7. The Morgan fingerprint density at radius 3 is 2.94 bits per heavy atom. The van der Waals surface area contributed by atoms with Crippen molar-refractivity contribution in [3.05, 3.63) is 28.6 Å². The molecule has 0 fully saturated rings. The van der Waals surface area contributed by atoms with Gasteiger partial charge in [0.15, 0.2) is 5.13 Å². The zero-order valence-electron chi connectivity index (χ0n) is 10.2.